The van der Waals surface area contributed by atoms with Gasteiger partial charge < -0.3 is 10.1 Å². The quantitative estimate of drug-likeness (QED) is 0.762. The number of fused-ring (bicyclic) bond motifs is 1. The molecule has 0 fully saturated rings. The van der Waals surface area contributed by atoms with Crippen LogP contribution in [-0.2, 0) is 17.6 Å². The predicted molar refractivity (Wildman–Crippen MR) is 110 cm³/mol. The van der Waals surface area contributed by atoms with Gasteiger partial charge in [-0.05, 0) is 92.8 Å². The van der Waals surface area contributed by atoms with Crippen molar-refractivity contribution in [3.63, 3.8) is 0 Å². The van der Waals surface area contributed by atoms with E-state index in [4.69, 9.17) is 4.74 Å². The number of nitrogens with one attached hydrogen (secondary N) is 1. The zero-order chi connectivity index (χ0) is 19.4. The van der Waals surface area contributed by atoms with E-state index in [0.717, 1.165) is 30.6 Å². The van der Waals surface area contributed by atoms with Crippen LogP contribution in [0.25, 0.3) is 0 Å². The molecule has 2 aromatic carbocycles. The van der Waals surface area contributed by atoms with Crippen molar-refractivity contribution in [1.82, 2.24) is 5.32 Å². The molecule has 0 unspecified atom stereocenters. The Morgan fingerprint density at radius 1 is 1.04 bits per heavy atom. The van der Waals surface area contributed by atoms with E-state index < -0.39 is 6.10 Å². The lowest BCUT2D eigenvalue weighted by Crippen LogP contribution is -2.38. The van der Waals surface area contributed by atoms with E-state index in [1.165, 1.54) is 35.1 Å². The number of carbonyl (C=O) groups is 1. The van der Waals surface area contributed by atoms with E-state index in [2.05, 4.69) is 56.4 Å². The molecule has 3 nitrogen and oxygen atoms in total. The van der Waals surface area contributed by atoms with Gasteiger partial charge in [-0.3, -0.25) is 4.79 Å². The summed E-state index contributed by atoms with van der Waals surface area (Å²) >= 11 is 0. The van der Waals surface area contributed by atoms with E-state index in [1.54, 1.807) is 0 Å². The molecule has 1 aliphatic rings. The van der Waals surface area contributed by atoms with Crippen LogP contribution in [0.5, 0.6) is 5.75 Å². The van der Waals surface area contributed by atoms with Crippen molar-refractivity contribution in [2.45, 2.75) is 71.9 Å². The molecule has 2 atom stereocenters. The third-order valence-electron chi connectivity index (χ3n) is 5.66. The number of ether oxygens (including phenoxy) is 1. The highest BCUT2D eigenvalue weighted by molar-refractivity contribution is 5.81. The zero-order valence-electron chi connectivity index (χ0n) is 17.0. The molecule has 0 aromatic heterocycles. The molecule has 0 aliphatic heterocycles. The lowest BCUT2D eigenvalue weighted by atomic mass is 9.92. The Morgan fingerprint density at radius 2 is 1.78 bits per heavy atom. The molecule has 0 saturated carbocycles. The minimum absolute atomic E-state index is 0.00591. The first-order chi connectivity index (χ1) is 13.0. The van der Waals surface area contributed by atoms with Crippen LogP contribution in [0.15, 0.2) is 36.4 Å². The molecular formula is C24H31NO2. The van der Waals surface area contributed by atoms with Crippen LogP contribution in [-0.4, -0.2) is 12.0 Å². The van der Waals surface area contributed by atoms with Crippen LogP contribution in [0.1, 0.15) is 67.0 Å². The Hall–Kier alpha value is -2.29. The summed E-state index contributed by atoms with van der Waals surface area (Å²) in [5, 5.41) is 3.15. The summed E-state index contributed by atoms with van der Waals surface area (Å²) in [6, 6.07) is 12.6. The standard InChI is InChI=1S/C24H31NO2/c1-5-23(21-11-10-16(2)17(3)14-21)25-24(26)18(4)27-22-13-12-19-8-6-7-9-20(19)15-22/h10-15,18,23H,5-9H2,1-4H3,(H,25,26)/t18-,23-/m0/s1. The molecule has 0 bridgehead atoms. The van der Waals surface area contributed by atoms with Crippen LogP contribution in [0, 0.1) is 13.8 Å². The second-order valence-corrected chi connectivity index (χ2v) is 7.71. The van der Waals surface area contributed by atoms with Gasteiger partial charge in [-0.25, -0.2) is 0 Å². The highest BCUT2D eigenvalue weighted by Crippen LogP contribution is 2.26. The van der Waals surface area contributed by atoms with Crippen molar-refractivity contribution in [3.8, 4) is 5.75 Å². The number of hydrogen-bond donors (Lipinski definition) is 1. The van der Waals surface area contributed by atoms with Crippen molar-refractivity contribution in [3.05, 3.63) is 64.2 Å². The summed E-state index contributed by atoms with van der Waals surface area (Å²) in [4.78, 5) is 12.7. The summed E-state index contributed by atoms with van der Waals surface area (Å²) < 4.78 is 5.95. The summed E-state index contributed by atoms with van der Waals surface area (Å²) in [6.07, 6.45) is 5.09. The fourth-order valence-electron chi connectivity index (χ4n) is 3.73. The Balaban J connectivity index is 1.64. The molecule has 1 N–H and O–H groups in total. The van der Waals surface area contributed by atoms with Gasteiger partial charge in [0.2, 0.25) is 0 Å². The average molecular weight is 366 g/mol. The molecule has 1 aliphatic carbocycles. The third kappa shape index (κ3) is 4.71. The van der Waals surface area contributed by atoms with Gasteiger partial charge >= 0.3 is 0 Å². The fraction of sp³-hybridized carbons (Fsp3) is 0.458. The number of hydrogen-bond acceptors (Lipinski definition) is 2. The molecule has 0 spiro atoms. The Morgan fingerprint density at radius 3 is 2.48 bits per heavy atom. The topological polar surface area (TPSA) is 38.3 Å². The molecule has 3 rings (SSSR count). The van der Waals surface area contributed by atoms with Crippen molar-refractivity contribution in [2.75, 3.05) is 0 Å². The Bertz CT molecular complexity index is 812. The van der Waals surface area contributed by atoms with Crippen LogP contribution in [0.2, 0.25) is 0 Å². The van der Waals surface area contributed by atoms with Crippen molar-refractivity contribution < 1.29 is 9.53 Å². The second kappa shape index (κ2) is 8.60. The smallest absolute Gasteiger partial charge is 0.261 e. The summed E-state index contributed by atoms with van der Waals surface area (Å²) in [5.74, 6) is 0.718. The largest absolute Gasteiger partial charge is 0.481 e. The SMILES string of the molecule is CC[C@H](NC(=O)[C@H](C)Oc1ccc2c(c1)CCCC2)c1ccc(C)c(C)c1. The molecule has 0 saturated heterocycles. The van der Waals surface area contributed by atoms with Crippen LogP contribution >= 0.6 is 0 Å². The first-order valence-electron chi connectivity index (χ1n) is 10.1. The Kier molecular flexibility index (Phi) is 6.20. The number of benzene rings is 2. The minimum atomic E-state index is -0.521. The normalized spacial score (nSPS) is 15.6. The molecule has 2 aromatic rings. The number of carbonyl (C=O) groups excluding carboxylic acids is 1. The van der Waals surface area contributed by atoms with E-state index in [9.17, 15) is 4.79 Å². The van der Waals surface area contributed by atoms with Gasteiger partial charge in [-0.15, -0.1) is 0 Å². The van der Waals surface area contributed by atoms with Gasteiger partial charge in [0.05, 0.1) is 6.04 Å². The molecule has 144 valence electrons. The number of aryl methyl sites for hydroxylation is 4. The fourth-order valence-corrected chi connectivity index (χ4v) is 3.73. The first-order valence-corrected chi connectivity index (χ1v) is 10.1. The van der Waals surface area contributed by atoms with Gasteiger partial charge in [0, 0.05) is 0 Å². The van der Waals surface area contributed by atoms with Gasteiger partial charge in [0.1, 0.15) is 5.75 Å². The van der Waals surface area contributed by atoms with Crippen molar-refractivity contribution in [1.29, 1.82) is 0 Å². The second-order valence-electron chi connectivity index (χ2n) is 7.71. The maximum atomic E-state index is 12.7. The highest BCUT2D eigenvalue weighted by Gasteiger charge is 2.20. The van der Waals surface area contributed by atoms with Gasteiger partial charge in [0.15, 0.2) is 6.10 Å². The van der Waals surface area contributed by atoms with E-state index >= 15 is 0 Å². The van der Waals surface area contributed by atoms with Gasteiger partial charge in [-0.1, -0.05) is 31.2 Å². The van der Waals surface area contributed by atoms with Crippen molar-refractivity contribution in [2.24, 2.45) is 0 Å². The maximum absolute atomic E-state index is 12.7. The van der Waals surface area contributed by atoms with Crippen molar-refractivity contribution >= 4 is 5.91 Å². The molecule has 1 amide bonds. The summed E-state index contributed by atoms with van der Waals surface area (Å²) in [7, 11) is 0. The average Bonchev–Trinajstić information content (AvgIpc) is 2.68. The lowest BCUT2D eigenvalue weighted by Gasteiger charge is -2.22. The maximum Gasteiger partial charge on any atom is 0.261 e. The van der Waals surface area contributed by atoms with E-state index in [0.29, 0.717) is 0 Å². The van der Waals surface area contributed by atoms with Crippen LogP contribution in [0.4, 0.5) is 0 Å². The van der Waals surface area contributed by atoms with E-state index in [-0.39, 0.29) is 11.9 Å². The molecule has 0 radical (unpaired) electrons. The van der Waals surface area contributed by atoms with Gasteiger partial charge in [0.25, 0.3) is 5.91 Å². The molecule has 27 heavy (non-hydrogen) atoms. The lowest BCUT2D eigenvalue weighted by molar-refractivity contribution is -0.128. The highest BCUT2D eigenvalue weighted by atomic mass is 16.5. The Labute approximate surface area is 163 Å². The van der Waals surface area contributed by atoms with Gasteiger partial charge in [-0.2, -0.15) is 0 Å². The minimum Gasteiger partial charge on any atom is -0.481 e. The predicted octanol–water partition coefficient (Wildman–Crippen LogP) is 5.22. The van der Waals surface area contributed by atoms with E-state index in [1.807, 2.05) is 13.0 Å². The first kappa shape index (κ1) is 19.5. The third-order valence-corrected chi connectivity index (χ3v) is 5.66. The molecule has 0 heterocycles. The monoisotopic (exact) mass is 365 g/mol. The number of amides is 1. The number of rotatable bonds is 6. The molecule has 3 heteroatoms. The zero-order valence-corrected chi connectivity index (χ0v) is 17.0. The van der Waals surface area contributed by atoms with Crippen LogP contribution in [0.3, 0.4) is 0 Å². The molecular weight excluding hydrogens is 334 g/mol. The summed E-state index contributed by atoms with van der Waals surface area (Å²) in [6.45, 7) is 8.12. The van der Waals surface area contributed by atoms with Crippen LogP contribution < -0.4 is 10.1 Å². The summed E-state index contributed by atoms with van der Waals surface area (Å²) in [5.41, 5.74) is 6.46.